The summed E-state index contributed by atoms with van der Waals surface area (Å²) in [5.41, 5.74) is 2.77. The minimum atomic E-state index is -3.69. The van der Waals surface area contributed by atoms with Gasteiger partial charge >= 0.3 is 0 Å². The Morgan fingerprint density at radius 3 is 2.28 bits per heavy atom. The molecule has 2 aliphatic heterocycles. The molecule has 0 N–H and O–H groups in total. The molecule has 0 bridgehead atoms. The molecule has 0 aliphatic carbocycles. The van der Waals surface area contributed by atoms with E-state index in [0.29, 0.717) is 61.0 Å². The molecule has 0 radical (unpaired) electrons. The van der Waals surface area contributed by atoms with Crippen molar-refractivity contribution in [2.24, 2.45) is 0 Å². The fourth-order valence-corrected chi connectivity index (χ4v) is 7.97. The van der Waals surface area contributed by atoms with Gasteiger partial charge in [0.15, 0.2) is 0 Å². The number of benzene rings is 2. The minimum absolute atomic E-state index is 0.127. The lowest BCUT2D eigenvalue weighted by Crippen LogP contribution is -2.48. The first-order valence-electron chi connectivity index (χ1n) is 10.7. The van der Waals surface area contributed by atoms with Gasteiger partial charge in [-0.3, -0.25) is 4.31 Å². The largest absolute Gasteiger partial charge is 0.369 e. The number of sulfonamides is 2. The van der Waals surface area contributed by atoms with Crippen molar-refractivity contribution in [1.29, 1.82) is 0 Å². The number of nitrogens with zero attached hydrogens (tertiary/aromatic N) is 3. The molecule has 2 aromatic carbocycles. The fraction of sp³-hybridized carbons (Fsp3) is 0.455. The predicted molar refractivity (Wildman–Crippen MR) is 129 cm³/mol. The number of hydrogen-bond acceptors (Lipinski definition) is 5. The minimum Gasteiger partial charge on any atom is -0.369 e. The molecule has 0 saturated carbocycles. The Kier molecular flexibility index (Phi) is 6.46. The van der Waals surface area contributed by atoms with Crippen LogP contribution in [0.3, 0.4) is 0 Å². The van der Waals surface area contributed by atoms with Crippen molar-refractivity contribution in [3.05, 3.63) is 52.5 Å². The van der Waals surface area contributed by atoms with E-state index in [0.717, 1.165) is 12.1 Å². The molecular formula is C22H28ClN3O4S2. The zero-order valence-corrected chi connectivity index (χ0v) is 20.7. The predicted octanol–water partition coefficient (Wildman–Crippen LogP) is 3.40. The molecule has 32 heavy (non-hydrogen) atoms. The van der Waals surface area contributed by atoms with Crippen molar-refractivity contribution < 1.29 is 16.8 Å². The Labute approximate surface area is 195 Å². The van der Waals surface area contributed by atoms with E-state index in [1.165, 1.54) is 8.61 Å². The highest BCUT2D eigenvalue weighted by Gasteiger charge is 2.32. The molecule has 0 spiro atoms. The first-order chi connectivity index (χ1) is 15.1. The summed E-state index contributed by atoms with van der Waals surface area (Å²) in [6, 6.07) is 10.9. The monoisotopic (exact) mass is 497 g/mol. The molecular weight excluding hydrogens is 470 g/mol. The van der Waals surface area contributed by atoms with Crippen molar-refractivity contribution in [3.63, 3.8) is 0 Å². The molecule has 0 amide bonds. The number of hydrogen-bond donors (Lipinski definition) is 0. The second kappa shape index (κ2) is 8.85. The van der Waals surface area contributed by atoms with E-state index >= 15 is 0 Å². The molecule has 0 aromatic heterocycles. The molecule has 2 aromatic rings. The third-order valence-corrected chi connectivity index (χ3v) is 10.3. The smallest absolute Gasteiger partial charge is 0.243 e. The summed E-state index contributed by atoms with van der Waals surface area (Å²) in [5.74, 6) is 0.127. The topological polar surface area (TPSA) is 78.0 Å². The Bertz CT molecular complexity index is 1220. The van der Waals surface area contributed by atoms with E-state index in [1.807, 2.05) is 24.3 Å². The van der Waals surface area contributed by atoms with Gasteiger partial charge in [-0.05, 0) is 68.1 Å². The van der Waals surface area contributed by atoms with E-state index in [-0.39, 0.29) is 10.6 Å². The first kappa shape index (κ1) is 23.4. The molecule has 0 unspecified atom stereocenters. The van der Waals surface area contributed by atoms with Crippen LogP contribution in [0.2, 0.25) is 5.02 Å². The second-order valence-corrected chi connectivity index (χ2v) is 12.7. The molecule has 2 heterocycles. The molecule has 174 valence electrons. The lowest BCUT2D eigenvalue weighted by molar-refractivity contribution is 0.384. The van der Waals surface area contributed by atoms with Crippen LogP contribution in [0.4, 0.5) is 11.4 Å². The molecule has 4 rings (SSSR count). The van der Waals surface area contributed by atoms with Crippen LogP contribution in [0.5, 0.6) is 0 Å². The van der Waals surface area contributed by atoms with Crippen LogP contribution in [0, 0.1) is 13.8 Å². The third kappa shape index (κ3) is 4.48. The zero-order valence-electron chi connectivity index (χ0n) is 18.3. The average molecular weight is 498 g/mol. The Hall–Kier alpha value is -1.81. The average Bonchev–Trinajstić information content (AvgIpc) is 2.75. The van der Waals surface area contributed by atoms with Crippen LogP contribution in [-0.2, 0) is 20.0 Å². The number of piperazine rings is 1. The van der Waals surface area contributed by atoms with Crippen LogP contribution in [0.15, 0.2) is 41.3 Å². The highest BCUT2D eigenvalue weighted by molar-refractivity contribution is 7.92. The Morgan fingerprint density at radius 2 is 1.62 bits per heavy atom. The van der Waals surface area contributed by atoms with Crippen molar-refractivity contribution in [1.82, 2.24) is 4.31 Å². The van der Waals surface area contributed by atoms with E-state index in [9.17, 15) is 16.8 Å². The normalized spacial score (nSPS) is 19.8. The van der Waals surface area contributed by atoms with Crippen LogP contribution in [-0.4, -0.2) is 59.6 Å². The summed E-state index contributed by atoms with van der Waals surface area (Å²) in [6.07, 6.45) is 1.46. The summed E-state index contributed by atoms with van der Waals surface area (Å²) in [7, 11) is -7.05. The first-order valence-corrected chi connectivity index (χ1v) is 14.1. The van der Waals surface area contributed by atoms with Gasteiger partial charge in [-0.2, -0.15) is 4.31 Å². The van der Waals surface area contributed by atoms with Gasteiger partial charge in [-0.15, -0.1) is 0 Å². The van der Waals surface area contributed by atoms with Gasteiger partial charge in [0.05, 0.1) is 16.3 Å². The van der Waals surface area contributed by atoms with Crippen molar-refractivity contribution >= 4 is 43.0 Å². The van der Waals surface area contributed by atoms with Gasteiger partial charge in [-0.25, -0.2) is 16.8 Å². The van der Waals surface area contributed by atoms with Gasteiger partial charge in [-0.1, -0.05) is 17.7 Å². The number of halogens is 1. The van der Waals surface area contributed by atoms with E-state index in [4.69, 9.17) is 11.6 Å². The fourth-order valence-electron chi connectivity index (χ4n) is 4.38. The van der Waals surface area contributed by atoms with E-state index in [2.05, 4.69) is 4.90 Å². The van der Waals surface area contributed by atoms with Crippen molar-refractivity contribution in [2.45, 2.75) is 31.6 Å². The zero-order chi connectivity index (χ0) is 23.1. The Morgan fingerprint density at radius 1 is 0.906 bits per heavy atom. The van der Waals surface area contributed by atoms with Crippen LogP contribution in [0.1, 0.15) is 24.0 Å². The molecule has 2 saturated heterocycles. The van der Waals surface area contributed by atoms with Gasteiger partial charge in [0.2, 0.25) is 20.0 Å². The number of anilines is 2. The summed E-state index contributed by atoms with van der Waals surface area (Å²) in [5, 5.41) is 0.652. The lowest BCUT2D eigenvalue weighted by Gasteiger charge is -2.36. The summed E-state index contributed by atoms with van der Waals surface area (Å²) in [6.45, 7) is 5.82. The molecule has 7 nitrogen and oxygen atoms in total. The van der Waals surface area contributed by atoms with Crippen molar-refractivity contribution in [3.8, 4) is 0 Å². The van der Waals surface area contributed by atoms with Crippen LogP contribution >= 0.6 is 11.6 Å². The molecule has 10 heteroatoms. The van der Waals surface area contributed by atoms with Gasteiger partial charge < -0.3 is 4.90 Å². The number of aryl methyl sites for hydroxylation is 2. The molecule has 2 fully saturated rings. The van der Waals surface area contributed by atoms with E-state index < -0.39 is 20.0 Å². The lowest BCUT2D eigenvalue weighted by atomic mass is 10.1. The van der Waals surface area contributed by atoms with Crippen LogP contribution < -0.4 is 9.21 Å². The maximum Gasteiger partial charge on any atom is 0.243 e. The summed E-state index contributed by atoms with van der Waals surface area (Å²) >= 11 is 6.09. The summed E-state index contributed by atoms with van der Waals surface area (Å²) in [4.78, 5) is 2.37. The SMILES string of the molecule is Cc1cc(S(=O)(=O)N2CCN(c3cccc(Cl)c3)CC2)c(C)cc1N1CCCCS1(=O)=O. The highest BCUT2D eigenvalue weighted by Crippen LogP contribution is 2.32. The maximum atomic E-state index is 13.4. The number of rotatable bonds is 4. The Balaban J connectivity index is 1.56. The molecule has 0 atom stereocenters. The van der Waals surface area contributed by atoms with Crippen molar-refractivity contribution in [2.75, 3.05) is 47.7 Å². The van der Waals surface area contributed by atoms with Gasteiger partial charge in [0.1, 0.15) is 0 Å². The quantitative estimate of drug-likeness (QED) is 0.647. The van der Waals surface area contributed by atoms with Gasteiger partial charge in [0, 0.05) is 43.4 Å². The third-order valence-electron chi connectivity index (χ3n) is 6.14. The summed E-state index contributed by atoms with van der Waals surface area (Å²) < 4.78 is 54.9. The second-order valence-electron chi connectivity index (χ2n) is 8.37. The standard InChI is InChI=1S/C22H28ClN3O4S2/c1-17-15-22(18(2)14-21(17)26-8-3-4-13-31(26,27)28)32(29,30)25-11-9-24(10-12-25)20-7-5-6-19(23)16-20/h5-7,14-16H,3-4,8-13H2,1-2H3. The highest BCUT2D eigenvalue weighted by atomic mass is 35.5. The van der Waals surface area contributed by atoms with E-state index in [1.54, 1.807) is 26.0 Å². The maximum absolute atomic E-state index is 13.4. The van der Waals surface area contributed by atoms with Gasteiger partial charge in [0.25, 0.3) is 0 Å². The molecule has 2 aliphatic rings. The van der Waals surface area contributed by atoms with Crippen LogP contribution in [0.25, 0.3) is 0 Å².